The molecule has 0 aromatic heterocycles. The zero-order valence-corrected chi connectivity index (χ0v) is 11.6. The van der Waals surface area contributed by atoms with E-state index in [1.165, 1.54) is 12.8 Å². The summed E-state index contributed by atoms with van der Waals surface area (Å²) in [7, 11) is -2.81. The molecule has 1 heterocycles. The van der Waals surface area contributed by atoms with Gasteiger partial charge in [0.1, 0.15) is 0 Å². The molecule has 0 amide bonds. The van der Waals surface area contributed by atoms with Crippen molar-refractivity contribution < 1.29 is 8.42 Å². The van der Waals surface area contributed by atoms with Crippen LogP contribution in [0.3, 0.4) is 0 Å². The van der Waals surface area contributed by atoms with Crippen molar-refractivity contribution in [3.8, 4) is 0 Å². The highest BCUT2D eigenvalue weighted by atomic mass is 32.2. The monoisotopic (exact) mass is 247 g/mol. The molecule has 16 heavy (non-hydrogen) atoms. The summed E-state index contributed by atoms with van der Waals surface area (Å²) in [6.07, 6.45) is 4.06. The first kappa shape index (κ1) is 14.0. The number of piperidine rings is 1. The van der Waals surface area contributed by atoms with E-state index in [9.17, 15) is 8.42 Å². The van der Waals surface area contributed by atoms with Crippen molar-refractivity contribution in [2.45, 2.75) is 57.7 Å². The van der Waals surface area contributed by atoms with Crippen LogP contribution in [0.4, 0.5) is 0 Å². The van der Waals surface area contributed by atoms with Crippen LogP contribution in [-0.4, -0.2) is 43.5 Å². The molecule has 0 unspecified atom stereocenters. The van der Waals surface area contributed by atoms with Crippen LogP contribution in [0.2, 0.25) is 0 Å². The van der Waals surface area contributed by atoms with E-state index >= 15 is 0 Å². The Hall–Kier alpha value is -0.0900. The Morgan fingerprint density at radius 1 is 1.25 bits per heavy atom. The lowest BCUT2D eigenvalue weighted by molar-refractivity contribution is 0.167. The molecule has 1 rings (SSSR count). The van der Waals surface area contributed by atoms with Crippen LogP contribution in [0.5, 0.6) is 0 Å². The molecule has 0 aliphatic carbocycles. The van der Waals surface area contributed by atoms with Gasteiger partial charge in [0.05, 0.1) is 5.25 Å². The quantitative estimate of drug-likeness (QED) is 0.746. The Kier molecular flexibility index (Phi) is 5.25. The van der Waals surface area contributed by atoms with Crippen molar-refractivity contribution in [2.24, 2.45) is 0 Å². The molecule has 1 aliphatic heterocycles. The molecule has 1 aliphatic rings. The van der Waals surface area contributed by atoms with Crippen molar-refractivity contribution in [3.05, 3.63) is 0 Å². The first-order valence-electron chi connectivity index (χ1n) is 6.46. The highest BCUT2D eigenvalue weighted by molar-refractivity contribution is 7.92. The normalized spacial score (nSPS) is 22.2. The Labute approximate surface area is 100 Å². The molecule has 0 saturated carbocycles. The molecule has 1 atom stereocenters. The maximum Gasteiger partial charge on any atom is 0.152 e. The molecule has 0 aromatic carbocycles. The van der Waals surface area contributed by atoms with Gasteiger partial charge in [0, 0.05) is 11.8 Å². The van der Waals surface area contributed by atoms with Crippen molar-refractivity contribution >= 4 is 9.84 Å². The predicted octanol–water partition coefficient (Wildman–Crippen LogP) is 2.07. The molecule has 3 nitrogen and oxygen atoms in total. The molecular formula is C12H25NO2S. The van der Waals surface area contributed by atoms with Crippen molar-refractivity contribution in [1.29, 1.82) is 0 Å². The molecule has 1 saturated heterocycles. The molecule has 96 valence electrons. The second kappa shape index (κ2) is 6.01. The molecule has 0 radical (unpaired) electrons. The Morgan fingerprint density at radius 2 is 1.81 bits per heavy atom. The number of rotatable bonds is 5. The second-order valence-corrected chi connectivity index (χ2v) is 7.39. The van der Waals surface area contributed by atoms with E-state index in [4.69, 9.17) is 0 Å². The molecule has 0 spiro atoms. The highest BCUT2D eigenvalue weighted by Crippen LogP contribution is 2.21. The molecular weight excluding hydrogens is 222 g/mol. The van der Waals surface area contributed by atoms with Gasteiger partial charge in [-0.15, -0.1) is 0 Å². The highest BCUT2D eigenvalue weighted by Gasteiger charge is 2.29. The Bertz CT molecular complexity index is 292. The molecule has 0 N–H and O–H groups in total. The molecule has 4 heteroatoms. The van der Waals surface area contributed by atoms with E-state index in [1.807, 2.05) is 0 Å². The number of nitrogens with zero attached hydrogens (tertiary/aromatic N) is 1. The summed E-state index contributed by atoms with van der Waals surface area (Å²) in [6.45, 7) is 8.10. The van der Waals surface area contributed by atoms with Crippen LogP contribution in [0.1, 0.15) is 46.5 Å². The Morgan fingerprint density at radius 3 is 2.25 bits per heavy atom. The van der Waals surface area contributed by atoms with E-state index in [1.54, 1.807) is 6.92 Å². The predicted molar refractivity (Wildman–Crippen MR) is 68.4 cm³/mol. The van der Waals surface area contributed by atoms with Gasteiger partial charge in [0.15, 0.2) is 9.84 Å². The summed E-state index contributed by atoms with van der Waals surface area (Å²) in [5.41, 5.74) is 0. The standard InChI is InChI=1S/C12H25NO2S/c1-4-6-11(3)13-9-7-12(8-10-13)16(14,15)5-2/h11-12H,4-10H2,1-3H3/t11-/m1/s1. The van der Waals surface area contributed by atoms with Gasteiger partial charge in [-0.1, -0.05) is 20.3 Å². The van der Waals surface area contributed by atoms with E-state index in [0.29, 0.717) is 11.8 Å². The lowest BCUT2D eigenvalue weighted by Gasteiger charge is -2.35. The third kappa shape index (κ3) is 3.45. The summed E-state index contributed by atoms with van der Waals surface area (Å²) in [4.78, 5) is 2.44. The van der Waals surface area contributed by atoms with Crippen LogP contribution in [0.25, 0.3) is 0 Å². The van der Waals surface area contributed by atoms with Gasteiger partial charge in [-0.3, -0.25) is 0 Å². The molecule has 0 bridgehead atoms. The first-order valence-corrected chi connectivity index (χ1v) is 8.18. The summed E-state index contributed by atoms with van der Waals surface area (Å²) in [6, 6.07) is 0.607. The summed E-state index contributed by atoms with van der Waals surface area (Å²) >= 11 is 0. The Balaban J connectivity index is 2.45. The zero-order chi connectivity index (χ0) is 12.2. The number of likely N-dealkylation sites (tertiary alicyclic amines) is 1. The van der Waals surface area contributed by atoms with Crippen LogP contribution >= 0.6 is 0 Å². The van der Waals surface area contributed by atoms with Gasteiger partial charge in [-0.2, -0.15) is 0 Å². The van der Waals surface area contributed by atoms with Gasteiger partial charge in [0.25, 0.3) is 0 Å². The van der Waals surface area contributed by atoms with Crippen molar-refractivity contribution in [3.63, 3.8) is 0 Å². The fraction of sp³-hybridized carbons (Fsp3) is 1.00. The zero-order valence-electron chi connectivity index (χ0n) is 10.8. The minimum Gasteiger partial charge on any atom is -0.301 e. The first-order chi connectivity index (χ1) is 7.51. The van der Waals surface area contributed by atoms with Gasteiger partial charge in [-0.25, -0.2) is 8.42 Å². The van der Waals surface area contributed by atoms with Crippen LogP contribution < -0.4 is 0 Å². The van der Waals surface area contributed by atoms with Gasteiger partial charge < -0.3 is 4.90 Å². The van der Waals surface area contributed by atoms with E-state index in [-0.39, 0.29) is 5.25 Å². The second-order valence-electron chi connectivity index (χ2n) is 4.82. The van der Waals surface area contributed by atoms with E-state index < -0.39 is 9.84 Å². The smallest absolute Gasteiger partial charge is 0.152 e. The van der Waals surface area contributed by atoms with Gasteiger partial charge >= 0.3 is 0 Å². The largest absolute Gasteiger partial charge is 0.301 e. The van der Waals surface area contributed by atoms with Crippen molar-refractivity contribution in [2.75, 3.05) is 18.8 Å². The van der Waals surface area contributed by atoms with Gasteiger partial charge in [0.2, 0.25) is 0 Å². The van der Waals surface area contributed by atoms with E-state index in [0.717, 1.165) is 25.9 Å². The minimum absolute atomic E-state index is 0.0809. The third-order valence-electron chi connectivity index (χ3n) is 3.72. The summed E-state index contributed by atoms with van der Waals surface area (Å²) in [5, 5.41) is -0.0809. The number of sulfone groups is 1. The molecule has 0 aromatic rings. The average molecular weight is 247 g/mol. The fourth-order valence-corrected chi connectivity index (χ4v) is 3.91. The van der Waals surface area contributed by atoms with Crippen LogP contribution in [0.15, 0.2) is 0 Å². The number of hydrogen-bond acceptors (Lipinski definition) is 3. The van der Waals surface area contributed by atoms with Crippen LogP contribution in [-0.2, 0) is 9.84 Å². The lowest BCUT2D eigenvalue weighted by atomic mass is 10.1. The average Bonchev–Trinajstić information content (AvgIpc) is 2.29. The summed E-state index contributed by atoms with van der Waals surface area (Å²) < 4.78 is 23.5. The SMILES string of the molecule is CCC[C@@H](C)N1CCC(S(=O)(=O)CC)CC1. The number of hydrogen-bond donors (Lipinski definition) is 0. The topological polar surface area (TPSA) is 37.4 Å². The maximum absolute atomic E-state index is 11.7. The van der Waals surface area contributed by atoms with E-state index in [2.05, 4.69) is 18.7 Å². The van der Waals surface area contributed by atoms with Crippen LogP contribution in [0, 0.1) is 0 Å². The lowest BCUT2D eigenvalue weighted by Crippen LogP contribution is -2.43. The molecule has 1 fully saturated rings. The fourth-order valence-electron chi connectivity index (χ4n) is 2.51. The summed E-state index contributed by atoms with van der Waals surface area (Å²) in [5.74, 6) is 0.294. The van der Waals surface area contributed by atoms with Crippen molar-refractivity contribution in [1.82, 2.24) is 4.90 Å². The minimum atomic E-state index is -2.81. The van der Waals surface area contributed by atoms with Gasteiger partial charge in [-0.05, 0) is 39.3 Å². The maximum atomic E-state index is 11.7. The third-order valence-corrected chi connectivity index (χ3v) is 6.01.